The maximum atomic E-state index is 13.4. The Morgan fingerprint density at radius 1 is 1.12 bits per heavy atom. The van der Waals surface area contributed by atoms with Crippen LogP contribution in [0.4, 0.5) is 8.78 Å². The molecule has 7 heteroatoms. The predicted octanol–water partition coefficient (Wildman–Crippen LogP) is 3.30. The van der Waals surface area contributed by atoms with Crippen molar-refractivity contribution in [3.05, 3.63) is 65.2 Å². The Morgan fingerprint density at radius 2 is 1.88 bits per heavy atom. The van der Waals surface area contributed by atoms with E-state index in [1.54, 1.807) is 43.1 Å². The molecule has 2 aromatic carbocycles. The lowest BCUT2D eigenvalue weighted by Gasteiger charge is -2.12. The van der Waals surface area contributed by atoms with Gasteiger partial charge in [-0.25, -0.2) is 8.78 Å². The Kier molecular flexibility index (Phi) is 8.37. The summed E-state index contributed by atoms with van der Waals surface area (Å²) in [5.41, 5.74) is 1.15. The number of guanidine groups is 1. The molecule has 0 radical (unpaired) electrons. The van der Waals surface area contributed by atoms with E-state index >= 15 is 0 Å². The zero-order valence-corrected chi connectivity index (χ0v) is 15.5. The van der Waals surface area contributed by atoms with E-state index in [0.717, 1.165) is 29.2 Å². The van der Waals surface area contributed by atoms with E-state index in [0.29, 0.717) is 12.5 Å². The first kappa shape index (κ1) is 20.2. The van der Waals surface area contributed by atoms with E-state index in [1.807, 2.05) is 0 Å². The van der Waals surface area contributed by atoms with Crippen LogP contribution in [0.3, 0.4) is 0 Å². The summed E-state index contributed by atoms with van der Waals surface area (Å²) in [5, 5.41) is 15.5. The van der Waals surface area contributed by atoms with Gasteiger partial charge in [0.15, 0.2) is 5.96 Å². The lowest BCUT2D eigenvalue weighted by molar-refractivity contribution is 0.275. The smallest absolute Gasteiger partial charge is 0.191 e. The number of benzene rings is 2. The maximum absolute atomic E-state index is 13.4. The standard InChI is InChI=1S/C19H23F2N3OS/c1-22-19(24-12-14-3-8-18(21)15(11-14)13-25)23-9-2-10-26-17-6-4-16(20)5-7-17/h3-8,11,25H,2,9-10,12-13H2,1H3,(H2,22,23,24). The molecule has 0 aliphatic heterocycles. The molecule has 0 atom stereocenters. The maximum Gasteiger partial charge on any atom is 0.191 e. The molecular formula is C19H23F2N3OS. The topological polar surface area (TPSA) is 56.7 Å². The summed E-state index contributed by atoms with van der Waals surface area (Å²) in [7, 11) is 1.69. The van der Waals surface area contributed by atoms with E-state index in [9.17, 15) is 8.78 Å². The zero-order chi connectivity index (χ0) is 18.8. The van der Waals surface area contributed by atoms with Gasteiger partial charge in [-0.1, -0.05) is 6.07 Å². The highest BCUT2D eigenvalue weighted by Gasteiger charge is 2.04. The van der Waals surface area contributed by atoms with Gasteiger partial charge in [0.05, 0.1) is 6.61 Å². The van der Waals surface area contributed by atoms with E-state index in [2.05, 4.69) is 15.6 Å². The van der Waals surface area contributed by atoms with Crippen molar-refractivity contribution in [3.8, 4) is 0 Å². The molecule has 0 fully saturated rings. The van der Waals surface area contributed by atoms with Crippen LogP contribution in [-0.4, -0.2) is 30.4 Å². The van der Waals surface area contributed by atoms with Crippen LogP contribution in [0.5, 0.6) is 0 Å². The summed E-state index contributed by atoms with van der Waals surface area (Å²) in [4.78, 5) is 5.20. The van der Waals surface area contributed by atoms with E-state index in [1.165, 1.54) is 18.2 Å². The normalized spacial score (nSPS) is 11.5. The predicted molar refractivity (Wildman–Crippen MR) is 102 cm³/mol. The number of thioether (sulfide) groups is 1. The van der Waals surface area contributed by atoms with Gasteiger partial charge >= 0.3 is 0 Å². The molecule has 0 heterocycles. The summed E-state index contributed by atoms with van der Waals surface area (Å²) in [6, 6.07) is 11.1. The Labute approximate surface area is 156 Å². The molecule has 140 valence electrons. The molecule has 4 nitrogen and oxygen atoms in total. The molecule has 2 aromatic rings. The van der Waals surface area contributed by atoms with Gasteiger partial charge in [-0.05, 0) is 54.1 Å². The highest BCUT2D eigenvalue weighted by atomic mass is 32.2. The van der Waals surface area contributed by atoms with Crippen LogP contribution in [0.2, 0.25) is 0 Å². The molecule has 0 spiro atoms. The van der Waals surface area contributed by atoms with E-state index < -0.39 is 5.82 Å². The van der Waals surface area contributed by atoms with Crippen LogP contribution in [0.1, 0.15) is 17.5 Å². The second-order valence-electron chi connectivity index (χ2n) is 5.59. The Morgan fingerprint density at radius 3 is 2.58 bits per heavy atom. The average molecular weight is 379 g/mol. The largest absolute Gasteiger partial charge is 0.392 e. The number of aliphatic imine (C=N–C) groups is 1. The zero-order valence-electron chi connectivity index (χ0n) is 14.6. The first-order valence-electron chi connectivity index (χ1n) is 8.33. The van der Waals surface area contributed by atoms with Gasteiger partial charge in [0.2, 0.25) is 0 Å². The van der Waals surface area contributed by atoms with Crippen LogP contribution in [0.15, 0.2) is 52.4 Å². The van der Waals surface area contributed by atoms with Gasteiger partial charge in [0.25, 0.3) is 0 Å². The lowest BCUT2D eigenvalue weighted by atomic mass is 10.1. The monoisotopic (exact) mass is 379 g/mol. The number of nitrogens with zero attached hydrogens (tertiary/aromatic N) is 1. The molecule has 26 heavy (non-hydrogen) atoms. The third kappa shape index (κ3) is 6.65. The second kappa shape index (κ2) is 10.8. The minimum absolute atomic E-state index is 0.224. The van der Waals surface area contributed by atoms with Crippen LogP contribution >= 0.6 is 11.8 Å². The molecule has 2 rings (SSSR count). The third-order valence-electron chi connectivity index (χ3n) is 3.66. The van der Waals surface area contributed by atoms with Crippen LogP contribution in [0, 0.1) is 11.6 Å². The highest BCUT2D eigenvalue weighted by Crippen LogP contribution is 2.18. The minimum Gasteiger partial charge on any atom is -0.392 e. The Bertz CT molecular complexity index is 723. The van der Waals surface area contributed by atoms with Crippen molar-refractivity contribution in [2.75, 3.05) is 19.3 Å². The summed E-state index contributed by atoms with van der Waals surface area (Å²) in [6.45, 7) is 0.912. The number of halogens is 2. The summed E-state index contributed by atoms with van der Waals surface area (Å²) in [5.74, 6) is 0.940. The molecule has 0 aromatic heterocycles. The fourth-order valence-electron chi connectivity index (χ4n) is 2.27. The number of aliphatic hydroxyl groups excluding tert-OH is 1. The van der Waals surface area contributed by atoms with Gasteiger partial charge < -0.3 is 15.7 Å². The quantitative estimate of drug-likeness (QED) is 0.285. The van der Waals surface area contributed by atoms with Crippen molar-refractivity contribution in [1.29, 1.82) is 0 Å². The van der Waals surface area contributed by atoms with Crippen molar-refractivity contribution >= 4 is 17.7 Å². The van der Waals surface area contributed by atoms with Crippen LogP contribution < -0.4 is 10.6 Å². The highest BCUT2D eigenvalue weighted by molar-refractivity contribution is 7.99. The number of hydrogen-bond donors (Lipinski definition) is 3. The van der Waals surface area contributed by atoms with Crippen molar-refractivity contribution in [3.63, 3.8) is 0 Å². The molecule has 0 aliphatic rings. The first-order chi connectivity index (χ1) is 12.6. The fraction of sp³-hybridized carbons (Fsp3) is 0.316. The molecule has 0 amide bonds. The number of rotatable bonds is 8. The van der Waals surface area contributed by atoms with Gasteiger partial charge in [-0.15, -0.1) is 11.8 Å². The second-order valence-corrected chi connectivity index (χ2v) is 6.76. The average Bonchev–Trinajstić information content (AvgIpc) is 2.66. The lowest BCUT2D eigenvalue weighted by Crippen LogP contribution is -2.37. The van der Waals surface area contributed by atoms with E-state index in [4.69, 9.17) is 5.11 Å². The Hall–Kier alpha value is -2.12. The van der Waals surface area contributed by atoms with Gasteiger partial charge in [0.1, 0.15) is 11.6 Å². The van der Waals surface area contributed by atoms with Crippen molar-refractivity contribution in [2.45, 2.75) is 24.5 Å². The summed E-state index contributed by atoms with van der Waals surface area (Å²) in [6.07, 6.45) is 0.925. The van der Waals surface area contributed by atoms with E-state index in [-0.39, 0.29) is 18.0 Å². The number of nitrogens with one attached hydrogen (secondary N) is 2. The molecule has 0 saturated heterocycles. The first-order valence-corrected chi connectivity index (χ1v) is 9.32. The van der Waals surface area contributed by atoms with Crippen molar-refractivity contribution in [1.82, 2.24) is 10.6 Å². The summed E-state index contributed by atoms with van der Waals surface area (Å²) >= 11 is 1.68. The third-order valence-corrected chi connectivity index (χ3v) is 4.76. The van der Waals surface area contributed by atoms with Crippen molar-refractivity contribution < 1.29 is 13.9 Å². The number of hydrogen-bond acceptors (Lipinski definition) is 3. The SMILES string of the molecule is CN=C(NCCCSc1ccc(F)cc1)NCc1ccc(F)c(CO)c1. The minimum atomic E-state index is -0.405. The van der Waals surface area contributed by atoms with Gasteiger partial charge in [-0.3, -0.25) is 4.99 Å². The molecule has 3 N–H and O–H groups in total. The van der Waals surface area contributed by atoms with Crippen LogP contribution in [-0.2, 0) is 13.2 Å². The molecule has 0 unspecified atom stereocenters. The van der Waals surface area contributed by atoms with Gasteiger partial charge in [0, 0.05) is 30.6 Å². The van der Waals surface area contributed by atoms with Crippen LogP contribution in [0.25, 0.3) is 0 Å². The van der Waals surface area contributed by atoms with Gasteiger partial charge in [-0.2, -0.15) is 0 Å². The summed E-state index contributed by atoms with van der Waals surface area (Å²) < 4.78 is 26.2. The molecular weight excluding hydrogens is 356 g/mol. The fourth-order valence-corrected chi connectivity index (χ4v) is 3.12. The number of aliphatic hydroxyl groups is 1. The van der Waals surface area contributed by atoms with Crippen molar-refractivity contribution in [2.24, 2.45) is 4.99 Å². The molecule has 0 bridgehead atoms. The molecule has 0 saturated carbocycles. The Balaban J connectivity index is 1.68. The molecule has 0 aliphatic carbocycles.